The SMILES string of the molecule is COc1ccccc1N1CCN(c2ncnc3scc(-c4ccc(C)cc4C)c23)CC1. The minimum absolute atomic E-state index is 0.909. The molecule has 0 N–H and O–H groups in total. The van der Waals surface area contributed by atoms with Gasteiger partial charge in [0.1, 0.15) is 22.7 Å². The van der Waals surface area contributed by atoms with Gasteiger partial charge in [-0.25, -0.2) is 9.97 Å². The van der Waals surface area contributed by atoms with Crippen molar-refractivity contribution in [2.24, 2.45) is 0 Å². The van der Waals surface area contributed by atoms with Gasteiger partial charge in [-0.2, -0.15) is 0 Å². The van der Waals surface area contributed by atoms with Crippen LogP contribution in [0.4, 0.5) is 11.5 Å². The van der Waals surface area contributed by atoms with Crippen LogP contribution in [0.1, 0.15) is 11.1 Å². The van der Waals surface area contributed by atoms with E-state index in [4.69, 9.17) is 9.72 Å². The summed E-state index contributed by atoms with van der Waals surface area (Å²) >= 11 is 1.70. The molecule has 2 aromatic heterocycles. The van der Waals surface area contributed by atoms with Gasteiger partial charge < -0.3 is 14.5 Å². The van der Waals surface area contributed by atoms with Gasteiger partial charge in [-0.3, -0.25) is 0 Å². The number of aromatic nitrogens is 2. The number of methoxy groups -OCH3 is 1. The second-order valence-electron chi connectivity index (χ2n) is 7.99. The fourth-order valence-electron chi connectivity index (χ4n) is 4.46. The molecule has 0 bridgehead atoms. The molecule has 5 nitrogen and oxygen atoms in total. The van der Waals surface area contributed by atoms with E-state index in [9.17, 15) is 0 Å². The highest BCUT2D eigenvalue weighted by atomic mass is 32.1. The van der Waals surface area contributed by atoms with Crippen molar-refractivity contribution >= 4 is 33.1 Å². The third-order valence-electron chi connectivity index (χ3n) is 6.03. The number of para-hydroxylation sites is 2. The number of nitrogens with zero attached hydrogens (tertiary/aromatic N) is 4. The van der Waals surface area contributed by atoms with Crippen molar-refractivity contribution in [3.05, 3.63) is 65.3 Å². The summed E-state index contributed by atoms with van der Waals surface area (Å²) in [5.74, 6) is 1.97. The molecular formula is C25H26N4OS. The van der Waals surface area contributed by atoms with Crippen LogP contribution < -0.4 is 14.5 Å². The van der Waals surface area contributed by atoms with Gasteiger partial charge in [0.15, 0.2) is 0 Å². The normalized spacial score (nSPS) is 14.3. The zero-order valence-electron chi connectivity index (χ0n) is 18.1. The van der Waals surface area contributed by atoms with Gasteiger partial charge in [0.25, 0.3) is 0 Å². The van der Waals surface area contributed by atoms with E-state index in [1.165, 1.54) is 27.6 Å². The van der Waals surface area contributed by atoms with E-state index < -0.39 is 0 Å². The zero-order valence-corrected chi connectivity index (χ0v) is 18.9. The third-order valence-corrected chi connectivity index (χ3v) is 6.91. The van der Waals surface area contributed by atoms with Crippen LogP contribution in [0.15, 0.2) is 54.2 Å². The van der Waals surface area contributed by atoms with Crippen molar-refractivity contribution in [2.45, 2.75) is 13.8 Å². The maximum atomic E-state index is 5.57. The summed E-state index contributed by atoms with van der Waals surface area (Å²) in [5, 5.41) is 3.40. The molecule has 0 amide bonds. The Balaban J connectivity index is 1.47. The first kappa shape index (κ1) is 19.8. The molecule has 0 saturated carbocycles. The van der Waals surface area contributed by atoms with Crippen LogP contribution >= 0.6 is 11.3 Å². The largest absolute Gasteiger partial charge is 0.495 e. The molecule has 0 unspecified atom stereocenters. The molecule has 5 rings (SSSR count). The van der Waals surface area contributed by atoms with Crippen molar-refractivity contribution in [1.82, 2.24) is 9.97 Å². The van der Waals surface area contributed by atoms with Crippen LogP contribution in [0.2, 0.25) is 0 Å². The van der Waals surface area contributed by atoms with Crippen LogP contribution in [-0.4, -0.2) is 43.3 Å². The topological polar surface area (TPSA) is 41.5 Å². The zero-order chi connectivity index (χ0) is 21.4. The number of ether oxygens (including phenoxy) is 1. The third kappa shape index (κ3) is 3.61. The molecule has 0 atom stereocenters. The fraction of sp³-hybridized carbons (Fsp3) is 0.280. The molecule has 31 heavy (non-hydrogen) atoms. The molecule has 2 aromatic carbocycles. The highest BCUT2D eigenvalue weighted by molar-refractivity contribution is 7.17. The molecule has 4 aromatic rings. The molecule has 1 saturated heterocycles. The quantitative estimate of drug-likeness (QED) is 0.439. The van der Waals surface area contributed by atoms with Gasteiger partial charge in [0.2, 0.25) is 0 Å². The number of fused-ring (bicyclic) bond motifs is 1. The Labute approximate surface area is 186 Å². The monoisotopic (exact) mass is 430 g/mol. The first-order valence-electron chi connectivity index (χ1n) is 10.6. The lowest BCUT2D eigenvalue weighted by Crippen LogP contribution is -2.47. The lowest BCUT2D eigenvalue weighted by molar-refractivity contribution is 0.413. The second-order valence-corrected chi connectivity index (χ2v) is 8.85. The van der Waals surface area contributed by atoms with Gasteiger partial charge in [0, 0.05) is 37.1 Å². The number of thiophene rings is 1. The van der Waals surface area contributed by atoms with Crippen LogP contribution in [0.3, 0.4) is 0 Å². The first-order valence-corrected chi connectivity index (χ1v) is 11.5. The summed E-state index contributed by atoms with van der Waals surface area (Å²) in [4.78, 5) is 15.2. The van der Waals surface area contributed by atoms with E-state index in [0.717, 1.165) is 48.3 Å². The number of benzene rings is 2. The van der Waals surface area contributed by atoms with Crippen LogP contribution in [0.25, 0.3) is 21.3 Å². The minimum atomic E-state index is 0.909. The Morgan fingerprint density at radius 1 is 0.903 bits per heavy atom. The van der Waals surface area contributed by atoms with E-state index in [1.54, 1.807) is 24.8 Å². The number of hydrogen-bond donors (Lipinski definition) is 0. The summed E-state index contributed by atoms with van der Waals surface area (Å²) in [5.41, 5.74) is 6.23. The highest BCUT2D eigenvalue weighted by Gasteiger charge is 2.24. The molecule has 158 valence electrons. The molecule has 0 aliphatic carbocycles. The number of hydrogen-bond acceptors (Lipinski definition) is 6. The van der Waals surface area contributed by atoms with E-state index in [2.05, 4.69) is 64.3 Å². The Hall–Kier alpha value is -3.12. The van der Waals surface area contributed by atoms with E-state index >= 15 is 0 Å². The molecule has 0 radical (unpaired) electrons. The molecule has 3 heterocycles. The standard InChI is InChI=1S/C25H26N4OS/c1-17-8-9-19(18(2)14-17)20-15-31-25-23(20)24(26-16-27-25)29-12-10-28(11-13-29)21-6-4-5-7-22(21)30-3/h4-9,14-16H,10-13H2,1-3H3. The number of anilines is 2. The van der Waals surface area contributed by atoms with Gasteiger partial charge in [-0.05, 0) is 37.1 Å². The number of aryl methyl sites for hydroxylation is 2. The smallest absolute Gasteiger partial charge is 0.142 e. The fourth-order valence-corrected chi connectivity index (χ4v) is 5.36. The van der Waals surface area contributed by atoms with Crippen molar-refractivity contribution in [2.75, 3.05) is 43.1 Å². The number of piperazine rings is 1. The Morgan fingerprint density at radius 2 is 1.68 bits per heavy atom. The average molecular weight is 431 g/mol. The Bertz CT molecular complexity index is 1230. The van der Waals surface area contributed by atoms with Crippen LogP contribution in [0.5, 0.6) is 5.75 Å². The predicted molar refractivity (Wildman–Crippen MR) is 130 cm³/mol. The van der Waals surface area contributed by atoms with Crippen molar-refractivity contribution in [3.8, 4) is 16.9 Å². The molecule has 0 spiro atoms. The lowest BCUT2D eigenvalue weighted by Gasteiger charge is -2.37. The van der Waals surface area contributed by atoms with Crippen molar-refractivity contribution < 1.29 is 4.74 Å². The van der Waals surface area contributed by atoms with E-state index in [0.29, 0.717) is 0 Å². The van der Waals surface area contributed by atoms with E-state index in [1.807, 2.05) is 12.1 Å². The lowest BCUT2D eigenvalue weighted by atomic mass is 9.99. The Kier molecular flexibility index (Phi) is 5.24. The van der Waals surface area contributed by atoms with Gasteiger partial charge >= 0.3 is 0 Å². The van der Waals surface area contributed by atoms with Gasteiger partial charge in [0.05, 0.1) is 18.2 Å². The van der Waals surface area contributed by atoms with Crippen molar-refractivity contribution in [3.63, 3.8) is 0 Å². The maximum Gasteiger partial charge on any atom is 0.142 e. The molecule has 1 fully saturated rings. The molecule has 1 aliphatic heterocycles. The minimum Gasteiger partial charge on any atom is -0.495 e. The summed E-state index contributed by atoms with van der Waals surface area (Å²) in [6.07, 6.45) is 1.70. The summed E-state index contributed by atoms with van der Waals surface area (Å²) in [6.45, 7) is 7.99. The van der Waals surface area contributed by atoms with Crippen LogP contribution in [-0.2, 0) is 0 Å². The summed E-state index contributed by atoms with van der Waals surface area (Å²) in [6, 6.07) is 14.9. The summed E-state index contributed by atoms with van der Waals surface area (Å²) in [7, 11) is 1.73. The van der Waals surface area contributed by atoms with Crippen molar-refractivity contribution in [1.29, 1.82) is 0 Å². The molecule has 6 heteroatoms. The summed E-state index contributed by atoms with van der Waals surface area (Å²) < 4.78 is 5.57. The van der Waals surface area contributed by atoms with Gasteiger partial charge in [-0.15, -0.1) is 11.3 Å². The van der Waals surface area contributed by atoms with Crippen LogP contribution in [0, 0.1) is 13.8 Å². The van der Waals surface area contributed by atoms with Gasteiger partial charge in [-0.1, -0.05) is 35.9 Å². The molecule has 1 aliphatic rings. The Morgan fingerprint density at radius 3 is 2.45 bits per heavy atom. The molecular weight excluding hydrogens is 404 g/mol. The second kappa shape index (κ2) is 8.19. The van der Waals surface area contributed by atoms with E-state index in [-0.39, 0.29) is 0 Å². The predicted octanol–water partition coefficient (Wildman–Crippen LogP) is 5.31. The maximum absolute atomic E-state index is 5.57. The first-order chi connectivity index (χ1) is 15.2. The highest BCUT2D eigenvalue weighted by Crippen LogP contribution is 2.39. The number of rotatable bonds is 4. The average Bonchev–Trinajstić information content (AvgIpc) is 3.23.